The van der Waals surface area contributed by atoms with E-state index in [-0.39, 0.29) is 23.6 Å². The monoisotopic (exact) mass is 448 g/mol. The zero-order valence-electron chi connectivity index (χ0n) is 17.9. The summed E-state index contributed by atoms with van der Waals surface area (Å²) < 4.78 is 10.3. The molecule has 33 heavy (non-hydrogen) atoms. The molecule has 4 aromatic rings. The maximum absolute atomic E-state index is 13.3. The second-order valence-electron chi connectivity index (χ2n) is 7.93. The number of phenols is 1. The van der Waals surface area contributed by atoms with E-state index in [1.54, 1.807) is 7.05 Å². The van der Waals surface area contributed by atoms with Crippen LogP contribution in [0.5, 0.6) is 5.75 Å². The van der Waals surface area contributed by atoms with Crippen LogP contribution in [0.3, 0.4) is 0 Å². The summed E-state index contributed by atoms with van der Waals surface area (Å²) in [5.74, 6) is -0.177. The minimum absolute atomic E-state index is 0.177. The third-order valence-corrected chi connectivity index (χ3v) is 6.10. The van der Waals surface area contributed by atoms with Gasteiger partial charge in [-0.05, 0) is 11.6 Å². The van der Waals surface area contributed by atoms with Gasteiger partial charge in [0.25, 0.3) is 11.2 Å². The van der Waals surface area contributed by atoms with Gasteiger partial charge in [-0.1, -0.05) is 30.3 Å². The van der Waals surface area contributed by atoms with Crippen LogP contribution in [-0.2, 0) is 25.4 Å². The topological polar surface area (TPSA) is 122 Å². The summed E-state index contributed by atoms with van der Waals surface area (Å²) in [6.45, 7) is 0.645. The molecule has 0 unspecified atom stereocenters. The van der Waals surface area contributed by atoms with Crippen molar-refractivity contribution in [3.05, 3.63) is 90.7 Å². The van der Waals surface area contributed by atoms with E-state index in [4.69, 9.17) is 4.74 Å². The number of fused-ring (bicyclic) bond motifs is 3. The predicted molar refractivity (Wildman–Crippen MR) is 120 cm³/mol. The predicted octanol–water partition coefficient (Wildman–Crippen LogP) is 2.44. The molecule has 168 valence electrons. The van der Waals surface area contributed by atoms with Crippen molar-refractivity contribution in [3.8, 4) is 17.0 Å². The molecule has 0 radical (unpaired) electrons. The van der Waals surface area contributed by atoms with E-state index < -0.39 is 22.3 Å². The van der Waals surface area contributed by atoms with Gasteiger partial charge in [-0.15, -0.1) is 0 Å². The molecule has 10 nitrogen and oxygen atoms in total. The number of ether oxygens (including phenoxy) is 1. The molecule has 0 bridgehead atoms. The Labute approximate surface area is 186 Å². The summed E-state index contributed by atoms with van der Waals surface area (Å²) in [6.07, 6.45) is -0.920. The number of aromatic nitrogens is 3. The minimum atomic E-state index is -0.920. The van der Waals surface area contributed by atoms with Crippen LogP contribution >= 0.6 is 0 Å². The number of nitro benzene ring substituents is 1. The lowest BCUT2D eigenvalue weighted by Crippen LogP contribution is -2.37. The van der Waals surface area contributed by atoms with E-state index in [1.807, 2.05) is 34.9 Å². The van der Waals surface area contributed by atoms with Crippen LogP contribution in [0.1, 0.15) is 17.4 Å². The highest BCUT2D eigenvalue weighted by Crippen LogP contribution is 2.43. The number of non-ortho nitro benzene ring substituents is 1. The summed E-state index contributed by atoms with van der Waals surface area (Å²) in [5, 5.41) is 22.3. The Kier molecular flexibility index (Phi) is 4.68. The summed E-state index contributed by atoms with van der Waals surface area (Å²) >= 11 is 0. The Hall–Kier alpha value is -4.18. The number of benzene rings is 2. The van der Waals surface area contributed by atoms with E-state index in [2.05, 4.69) is 0 Å². The third kappa shape index (κ3) is 2.99. The van der Waals surface area contributed by atoms with Crippen LogP contribution in [0, 0.1) is 10.1 Å². The van der Waals surface area contributed by atoms with Crippen LogP contribution in [0.15, 0.2) is 58.1 Å². The summed E-state index contributed by atoms with van der Waals surface area (Å²) in [4.78, 5) is 37.0. The van der Waals surface area contributed by atoms with Crippen LogP contribution < -0.4 is 11.2 Å². The van der Waals surface area contributed by atoms with Gasteiger partial charge in [-0.3, -0.25) is 24.0 Å². The molecule has 0 spiro atoms. The lowest BCUT2D eigenvalue weighted by atomic mass is 10.0. The quantitative estimate of drug-likeness (QED) is 0.380. The molecule has 1 aliphatic heterocycles. The summed E-state index contributed by atoms with van der Waals surface area (Å²) in [7, 11) is 2.99. The maximum Gasteiger partial charge on any atom is 0.331 e. The molecular weight excluding hydrogens is 428 g/mol. The van der Waals surface area contributed by atoms with E-state index in [0.717, 1.165) is 10.1 Å². The smallest absolute Gasteiger partial charge is 0.331 e. The molecule has 0 aliphatic carbocycles. The molecule has 2 aromatic heterocycles. The number of phenolic OH excluding ortho intramolecular Hbond substituents is 1. The lowest BCUT2D eigenvalue weighted by molar-refractivity contribution is -0.385. The standard InChI is InChI=1S/C23H20N4O6/c1-24-19-17(22(29)25(2)23(24)30)18(13-6-4-3-5-7-13)26-10-11-33-21(20(19)26)15-12-14(27(31)32)8-9-16(15)28/h3-9,12,21,28H,10-11H2,1-2H3/t21-/m1/s1. The van der Waals surface area contributed by atoms with Crippen molar-refractivity contribution < 1.29 is 14.8 Å². The zero-order valence-corrected chi connectivity index (χ0v) is 17.9. The number of nitrogens with zero attached hydrogens (tertiary/aromatic N) is 4. The van der Waals surface area contributed by atoms with Crippen LogP contribution in [-0.4, -0.2) is 30.3 Å². The Bertz CT molecular complexity index is 1550. The fraction of sp³-hybridized carbons (Fsp3) is 0.217. The molecular formula is C23H20N4O6. The number of hydrogen-bond acceptors (Lipinski definition) is 6. The molecule has 0 saturated heterocycles. The molecule has 1 aliphatic rings. The minimum Gasteiger partial charge on any atom is -0.508 e. The Morgan fingerprint density at radius 1 is 1.09 bits per heavy atom. The van der Waals surface area contributed by atoms with Gasteiger partial charge in [-0.25, -0.2) is 4.79 Å². The highest BCUT2D eigenvalue weighted by atomic mass is 16.6. The molecule has 0 fully saturated rings. The molecule has 2 aromatic carbocycles. The average molecular weight is 448 g/mol. The van der Waals surface area contributed by atoms with Crippen molar-refractivity contribution in [2.75, 3.05) is 6.61 Å². The molecule has 10 heteroatoms. The SMILES string of the molecule is Cn1c(=O)c2c(-c3ccccc3)n3c(c2n(C)c1=O)[C@@H](c1cc([N+](=O)[O-])ccc1O)OCC3. The first kappa shape index (κ1) is 20.7. The number of aromatic hydroxyl groups is 1. The van der Waals surface area contributed by atoms with Gasteiger partial charge in [0.1, 0.15) is 11.9 Å². The van der Waals surface area contributed by atoms with Gasteiger partial charge in [-0.2, -0.15) is 0 Å². The van der Waals surface area contributed by atoms with Gasteiger partial charge >= 0.3 is 5.69 Å². The van der Waals surface area contributed by atoms with Crippen molar-refractivity contribution in [1.29, 1.82) is 0 Å². The molecule has 5 rings (SSSR count). The van der Waals surface area contributed by atoms with E-state index >= 15 is 0 Å². The Morgan fingerprint density at radius 3 is 2.52 bits per heavy atom. The Balaban J connectivity index is 1.94. The summed E-state index contributed by atoms with van der Waals surface area (Å²) in [6, 6.07) is 13.1. The van der Waals surface area contributed by atoms with Crippen LogP contribution in [0.25, 0.3) is 22.2 Å². The van der Waals surface area contributed by atoms with Crippen molar-refractivity contribution in [2.24, 2.45) is 14.1 Å². The van der Waals surface area contributed by atoms with E-state index in [1.165, 1.54) is 29.8 Å². The zero-order chi connectivity index (χ0) is 23.4. The largest absolute Gasteiger partial charge is 0.508 e. The normalized spacial score (nSPS) is 15.5. The molecule has 0 saturated carbocycles. The molecule has 1 N–H and O–H groups in total. The number of aryl methyl sites for hydroxylation is 1. The molecule has 3 heterocycles. The maximum atomic E-state index is 13.3. The highest BCUT2D eigenvalue weighted by molar-refractivity contribution is 5.96. The van der Waals surface area contributed by atoms with Crippen molar-refractivity contribution in [3.63, 3.8) is 0 Å². The first-order chi connectivity index (χ1) is 15.8. The molecule has 1 atom stereocenters. The highest BCUT2D eigenvalue weighted by Gasteiger charge is 2.34. The van der Waals surface area contributed by atoms with Gasteiger partial charge in [0.15, 0.2) is 0 Å². The van der Waals surface area contributed by atoms with Crippen LogP contribution in [0.2, 0.25) is 0 Å². The number of hydrogen-bond donors (Lipinski definition) is 1. The third-order valence-electron chi connectivity index (χ3n) is 6.10. The number of nitro groups is 1. The second-order valence-corrected chi connectivity index (χ2v) is 7.93. The molecule has 0 amide bonds. The van der Waals surface area contributed by atoms with Crippen molar-refractivity contribution in [1.82, 2.24) is 13.7 Å². The van der Waals surface area contributed by atoms with Gasteiger partial charge in [0.2, 0.25) is 0 Å². The fourth-order valence-electron chi connectivity index (χ4n) is 4.58. The van der Waals surface area contributed by atoms with Crippen molar-refractivity contribution in [2.45, 2.75) is 12.6 Å². The van der Waals surface area contributed by atoms with E-state index in [9.17, 15) is 24.8 Å². The number of rotatable bonds is 3. The van der Waals surface area contributed by atoms with Crippen molar-refractivity contribution >= 4 is 16.6 Å². The first-order valence-corrected chi connectivity index (χ1v) is 10.3. The lowest BCUT2D eigenvalue weighted by Gasteiger charge is -2.28. The summed E-state index contributed by atoms with van der Waals surface area (Å²) in [5.41, 5.74) is 1.32. The average Bonchev–Trinajstić information content (AvgIpc) is 3.17. The second kappa shape index (κ2) is 7.45. The van der Waals surface area contributed by atoms with Gasteiger partial charge in [0.05, 0.1) is 33.8 Å². The fourth-order valence-corrected chi connectivity index (χ4v) is 4.58. The first-order valence-electron chi connectivity index (χ1n) is 10.3. The Morgan fingerprint density at radius 2 is 1.82 bits per heavy atom. The van der Waals surface area contributed by atoms with E-state index in [0.29, 0.717) is 28.8 Å². The van der Waals surface area contributed by atoms with Gasteiger partial charge < -0.3 is 14.4 Å². The van der Waals surface area contributed by atoms with Crippen LogP contribution in [0.4, 0.5) is 5.69 Å². The van der Waals surface area contributed by atoms with Gasteiger partial charge in [0, 0.05) is 38.3 Å².